The standard InChI is InChI=1S/C11H15ClFNO/c1-7(6-15)14-8(2)9-3-4-11(13)10(12)5-9/h3-5,7-8,14-15H,6H2,1-2H3/t7-,8-/m0/s1. The van der Waals surface area contributed by atoms with Crippen molar-refractivity contribution in [1.29, 1.82) is 0 Å². The number of nitrogens with one attached hydrogen (secondary N) is 1. The van der Waals surface area contributed by atoms with Crippen LogP contribution in [-0.2, 0) is 0 Å². The molecule has 0 aliphatic carbocycles. The number of benzene rings is 1. The Kier molecular flexibility index (Phi) is 4.51. The second kappa shape index (κ2) is 5.45. The van der Waals surface area contributed by atoms with Crippen LogP contribution in [0.15, 0.2) is 18.2 Å². The summed E-state index contributed by atoms with van der Waals surface area (Å²) in [6.45, 7) is 3.89. The summed E-state index contributed by atoms with van der Waals surface area (Å²) in [6, 6.07) is 4.66. The van der Waals surface area contributed by atoms with Crippen molar-refractivity contribution in [3.05, 3.63) is 34.6 Å². The maximum Gasteiger partial charge on any atom is 0.141 e. The molecule has 0 amide bonds. The summed E-state index contributed by atoms with van der Waals surface area (Å²) in [5.41, 5.74) is 0.904. The van der Waals surface area contributed by atoms with E-state index in [9.17, 15) is 4.39 Å². The number of halogens is 2. The zero-order chi connectivity index (χ0) is 11.4. The van der Waals surface area contributed by atoms with Gasteiger partial charge in [0.05, 0.1) is 11.6 Å². The molecule has 2 atom stereocenters. The molecule has 0 unspecified atom stereocenters. The van der Waals surface area contributed by atoms with E-state index in [2.05, 4.69) is 5.32 Å². The van der Waals surface area contributed by atoms with E-state index in [0.717, 1.165) is 5.56 Å². The second-order valence-electron chi connectivity index (χ2n) is 3.65. The van der Waals surface area contributed by atoms with Crippen molar-refractivity contribution in [2.75, 3.05) is 6.61 Å². The van der Waals surface area contributed by atoms with Gasteiger partial charge in [0, 0.05) is 12.1 Å². The van der Waals surface area contributed by atoms with Gasteiger partial charge in [-0.1, -0.05) is 17.7 Å². The molecule has 15 heavy (non-hydrogen) atoms. The van der Waals surface area contributed by atoms with Crippen molar-refractivity contribution < 1.29 is 9.50 Å². The van der Waals surface area contributed by atoms with Gasteiger partial charge in [-0.15, -0.1) is 0 Å². The molecule has 0 heterocycles. The molecule has 0 saturated carbocycles. The monoisotopic (exact) mass is 231 g/mol. The third-order valence-electron chi connectivity index (χ3n) is 2.25. The summed E-state index contributed by atoms with van der Waals surface area (Å²) >= 11 is 5.68. The Morgan fingerprint density at radius 1 is 1.47 bits per heavy atom. The first-order valence-electron chi connectivity index (χ1n) is 4.86. The molecule has 0 aliphatic rings. The topological polar surface area (TPSA) is 32.3 Å². The number of hydrogen-bond donors (Lipinski definition) is 2. The zero-order valence-electron chi connectivity index (χ0n) is 8.80. The first kappa shape index (κ1) is 12.4. The molecular formula is C11H15ClFNO. The van der Waals surface area contributed by atoms with E-state index in [1.165, 1.54) is 6.07 Å². The van der Waals surface area contributed by atoms with Crippen molar-refractivity contribution >= 4 is 11.6 Å². The molecule has 0 radical (unpaired) electrons. The fourth-order valence-electron chi connectivity index (χ4n) is 1.36. The lowest BCUT2D eigenvalue weighted by atomic mass is 10.1. The van der Waals surface area contributed by atoms with Gasteiger partial charge in [0.15, 0.2) is 0 Å². The molecule has 1 aromatic carbocycles. The van der Waals surface area contributed by atoms with E-state index in [1.807, 2.05) is 13.8 Å². The summed E-state index contributed by atoms with van der Waals surface area (Å²) in [4.78, 5) is 0. The highest BCUT2D eigenvalue weighted by Crippen LogP contribution is 2.20. The van der Waals surface area contributed by atoms with Crippen molar-refractivity contribution in [2.24, 2.45) is 0 Å². The Labute approximate surface area is 94.1 Å². The summed E-state index contributed by atoms with van der Waals surface area (Å²) in [5, 5.41) is 12.2. The van der Waals surface area contributed by atoms with Crippen LogP contribution in [-0.4, -0.2) is 17.8 Å². The predicted octanol–water partition coefficient (Wildman–Crippen LogP) is 2.51. The first-order valence-corrected chi connectivity index (χ1v) is 5.24. The Morgan fingerprint density at radius 3 is 2.67 bits per heavy atom. The van der Waals surface area contributed by atoms with Gasteiger partial charge in [-0.3, -0.25) is 0 Å². The van der Waals surface area contributed by atoms with Gasteiger partial charge in [0.25, 0.3) is 0 Å². The Bertz CT molecular complexity index is 332. The molecule has 84 valence electrons. The van der Waals surface area contributed by atoms with Gasteiger partial charge in [-0.05, 0) is 31.5 Å². The van der Waals surface area contributed by atoms with Gasteiger partial charge in [-0.2, -0.15) is 0 Å². The van der Waals surface area contributed by atoms with Crippen LogP contribution in [0.25, 0.3) is 0 Å². The highest BCUT2D eigenvalue weighted by Gasteiger charge is 2.10. The van der Waals surface area contributed by atoms with E-state index < -0.39 is 5.82 Å². The smallest absolute Gasteiger partial charge is 0.141 e. The van der Waals surface area contributed by atoms with Crippen molar-refractivity contribution in [2.45, 2.75) is 25.9 Å². The minimum atomic E-state index is -0.414. The molecule has 2 N–H and O–H groups in total. The molecule has 4 heteroatoms. The summed E-state index contributed by atoms with van der Waals surface area (Å²) < 4.78 is 12.9. The van der Waals surface area contributed by atoms with Crippen LogP contribution in [0.5, 0.6) is 0 Å². The lowest BCUT2D eigenvalue weighted by molar-refractivity contribution is 0.243. The van der Waals surface area contributed by atoms with E-state index in [-0.39, 0.29) is 23.7 Å². The minimum Gasteiger partial charge on any atom is -0.395 e. The first-order chi connectivity index (χ1) is 7.04. The quantitative estimate of drug-likeness (QED) is 0.835. The fraction of sp³-hybridized carbons (Fsp3) is 0.455. The van der Waals surface area contributed by atoms with Crippen LogP contribution in [0.4, 0.5) is 4.39 Å². The molecule has 0 fully saturated rings. The lowest BCUT2D eigenvalue weighted by Gasteiger charge is -2.18. The van der Waals surface area contributed by atoms with Crippen molar-refractivity contribution in [1.82, 2.24) is 5.32 Å². The second-order valence-corrected chi connectivity index (χ2v) is 4.05. The predicted molar refractivity (Wildman–Crippen MR) is 59.5 cm³/mol. The van der Waals surface area contributed by atoms with Crippen LogP contribution in [0, 0.1) is 5.82 Å². The summed E-state index contributed by atoms with van der Waals surface area (Å²) in [7, 11) is 0. The molecule has 0 saturated heterocycles. The van der Waals surface area contributed by atoms with E-state index in [4.69, 9.17) is 16.7 Å². The van der Waals surface area contributed by atoms with Crippen molar-refractivity contribution in [3.63, 3.8) is 0 Å². The Hall–Kier alpha value is -0.640. The highest BCUT2D eigenvalue weighted by atomic mass is 35.5. The maximum atomic E-state index is 12.9. The van der Waals surface area contributed by atoms with Gasteiger partial charge < -0.3 is 10.4 Å². The molecule has 2 nitrogen and oxygen atoms in total. The fourth-order valence-corrected chi connectivity index (χ4v) is 1.55. The Morgan fingerprint density at radius 2 is 2.13 bits per heavy atom. The average Bonchev–Trinajstić information content (AvgIpc) is 2.21. The summed E-state index contributed by atoms with van der Waals surface area (Å²) in [6.07, 6.45) is 0. The van der Waals surface area contributed by atoms with Gasteiger partial charge in [0.2, 0.25) is 0 Å². The summed E-state index contributed by atoms with van der Waals surface area (Å²) in [5.74, 6) is -0.414. The largest absolute Gasteiger partial charge is 0.395 e. The molecule has 1 aromatic rings. The molecule has 1 rings (SSSR count). The van der Waals surface area contributed by atoms with Gasteiger partial charge in [0.1, 0.15) is 5.82 Å². The van der Waals surface area contributed by atoms with Crippen LogP contribution >= 0.6 is 11.6 Å². The minimum absolute atomic E-state index is 0.00354. The normalized spacial score (nSPS) is 15.0. The van der Waals surface area contributed by atoms with Crippen molar-refractivity contribution in [3.8, 4) is 0 Å². The molecule has 0 aliphatic heterocycles. The molecule has 0 aromatic heterocycles. The lowest BCUT2D eigenvalue weighted by Crippen LogP contribution is -2.31. The third kappa shape index (κ3) is 3.45. The SMILES string of the molecule is C[C@H](N[C@@H](C)CO)c1ccc(F)c(Cl)c1. The molecule has 0 bridgehead atoms. The maximum absolute atomic E-state index is 12.9. The van der Waals surface area contributed by atoms with E-state index in [0.29, 0.717) is 0 Å². The van der Waals surface area contributed by atoms with E-state index in [1.54, 1.807) is 12.1 Å². The van der Waals surface area contributed by atoms with E-state index >= 15 is 0 Å². The molecule has 0 spiro atoms. The molecular weight excluding hydrogens is 217 g/mol. The van der Waals surface area contributed by atoms with Crippen LogP contribution in [0.2, 0.25) is 5.02 Å². The van der Waals surface area contributed by atoms with Crippen LogP contribution in [0.3, 0.4) is 0 Å². The number of rotatable bonds is 4. The number of hydrogen-bond acceptors (Lipinski definition) is 2. The average molecular weight is 232 g/mol. The Balaban J connectivity index is 2.73. The number of aliphatic hydroxyl groups is 1. The van der Waals surface area contributed by atoms with Gasteiger partial charge in [-0.25, -0.2) is 4.39 Å². The van der Waals surface area contributed by atoms with Gasteiger partial charge >= 0.3 is 0 Å². The number of aliphatic hydroxyl groups excluding tert-OH is 1. The highest BCUT2D eigenvalue weighted by molar-refractivity contribution is 6.30. The van der Waals surface area contributed by atoms with Crippen LogP contribution in [0.1, 0.15) is 25.5 Å². The zero-order valence-corrected chi connectivity index (χ0v) is 9.55. The van der Waals surface area contributed by atoms with Crippen LogP contribution < -0.4 is 5.32 Å². The third-order valence-corrected chi connectivity index (χ3v) is 2.54.